The Balaban J connectivity index is 1.86. The van der Waals surface area contributed by atoms with Crippen molar-refractivity contribution in [2.75, 3.05) is 26.3 Å². The van der Waals surface area contributed by atoms with Crippen LogP contribution < -0.4 is 5.32 Å². The molecule has 0 amide bonds. The van der Waals surface area contributed by atoms with Crippen molar-refractivity contribution in [1.82, 2.24) is 10.2 Å². The summed E-state index contributed by atoms with van der Waals surface area (Å²) >= 11 is 5.34. The van der Waals surface area contributed by atoms with Crippen molar-refractivity contribution >= 4 is 17.3 Å². The molecule has 0 aliphatic carbocycles. The predicted molar refractivity (Wildman–Crippen MR) is 122 cm³/mol. The van der Waals surface area contributed by atoms with Crippen LogP contribution in [0.3, 0.4) is 0 Å². The topological polar surface area (TPSA) is 96.2 Å². The highest BCUT2D eigenvalue weighted by molar-refractivity contribution is 7.80. The molecule has 7 heteroatoms. The van der Waals surface area contributed by atoms with Gasteiger partial charge in [-0.2, -0.15) is 0 Å². The second kappa shape index (κ2) is 17.2. The van der Waals surface area contributed by atoms with Gasteiger partial charge in [0.05, 0.1) is 18.8 Å². The fraction of sp³-hybridized carbons (Fsp3) is 0.955. The molecule has 0 spiro atoms. The van der Waals surface area contributed by atoms with Crippen molar-refractivity contribution in [3.05, 3.63) is 0 Å². The van der Waals surface area contributed by atoms with E-state index in [2.05, 4.69) is 5.32 Å². The zero-order valence-corrected chi connectivity index (χ0v) is 18.9. The highest BCUT2D eigenvalue weighted by Gasteiger charge is 2.40. The first kappa shape index (κ1) is 26.6. The Morgan fingerprint density at radius 1 is 0.759 bits per heavy atom. The van der Waals surface area contributed by atoms with Gasteiger partial charge in [0.25, 0.3) is 0 Å². The minimum absolute atomic E-state index is 0.218. The molecule has 0 radical (unpaired) electrons. The second-order valence-electron chi connectivity index (χ2n) is 8.37. The number of thiocarbonyl (C=S) groups is 1. The fourth-order valence-electron chi connectivity index (χ4n) is 3.98. The summed E-state index contributed by atoms with van der Waals surface area (Å²) in [6, 6.07) is -0.517. The summed E-state index contributed by atoms with van der Waals surface area (Å²) < 4.78 is 0. The van der Waals surface area contributed by atoms with Crippen LogP contribution in [0.1, 0.15) is 89.9 Å². The first-order valence-corrected chi connectivity index (χ1v) is 12.1. The number of hydrogen-bond acceptors (Lipinski definition) is 5. The highest BCUT2D eigenvalue weighted by atomic mass is 32.1. The van der Waals surface area contributed by atoms with E-state index in [1.807, 2.05) is 0 Å². The van der Waals surface area contributed by atoms with Gasteiger partial charge >= 0.3 is 0 Å². The van der Waals surface area contributed by atoms with Crippen LogP contribution in [0, 0.1) is 0 Å². The molecule has 6 nitrogen and oxygen atoms in total. The van der Waals surface area contributed by atoms with E-state index in [1.165, 1.54) is 77.0 Å². The highest BCUT2D eigenvalue weighted by Crippen LogP contribution is 2.18. The molecular formula is C22H44N2O4S. The number of β-amino-alcohol motifs (C(OH)–C–C–N with tert-alkyl or cyclic N) is 1. The number of likely N-dealkylation sites (tertiary alicyclic amines) is 1. The van der Waals surface area contributed by atoms with Crippen molar-refractivity contribution in [3.8, 4) is 0 Å². The Morgan fingerprint density at radius 3 is 1.66 bits per heavy atom. The minimum atomic E-state index is -0.948. The zero-order chi connectivity index (χ0) is 21.3. The Labute approximate surface area is 182 Å². The molecule has 1 saturated heterocycles. The van der Waals surface area contributed by atoms with Crippen LogP contribution in [0.25, 0.3) is 0 Å². The first-order chi connectivity index (χ1) is 14.1. The van der Waals surface area contributed by atoms with Crippen LogP contribution in [0.4, 0.5) is 0 Å². The van der Waals surface area contributed by atoms with E-state index < -0.39 is 18.2 Å². The van der Waals surface area contributed by atoms with Crippen LogP contribution in [-0.4, -0.2) is 75.0 Å². The van der Waals surface area contributed by atoms with E-state index in [0.717, 1.165) is 19.4 Å². The van der Waals surface area contributed by atoms with Crippen LogP contribution in [0.5, 0.6) is 0 Å². The summed E-state index contributed by atoms with van der Waals surface area (Å²) in [5.74, 6) is 0. The van der Waals surface area contributed by atoms with Gasteiger partial charge in [0, 0.05) is 19.7 Å². The van der Waals surface area contributed by atoms with Gasteiger partial charge < -0.3 is 30.6 Å². The normalized spacial score (nSPS) is 21.7. The largest absolute Gasteiger partial charge is 0.396 e. The van der Waals surface area contributed by atoms with Crippen molar-refractivity contribution < 1.29 is 20.4 Å². The maximum atomic E-state index is 9.84. The molecule has 1 aliphatic heterocycles. The lowest BCUT2D eigenvalue weighted by atomic mass is 10.0. The third-order valence-corrected chi connectivity index (χ3v) is 6.26. The fourth-order valence-corrected chi connectivity index (χ4v) is 4.29. The van der Waals surface area contributed by atoms with E-state index in [0.29, 0.717) is 11.7 Å². The molecule has 0 unspecified atom stereocenters. The van der Waals surface area contributed by atoms with E-state index in [9.17, 15) is 15.3 Å². The number of aliphatic hydroxyl groups excluding tert-OH is 4. The number of nitrogens with one attached hydrogen (secondary N) is 1. The molecule has 0 aromatic carbocycles. The van der Waals surface area contributed by atoms with Crippen LogP contribution >= 0.6 is 12.2 Å². The summed E-state index contributed by atoms with van der Waals surface area (Å²) in [6.07, 6.45) is 15.8. The molecule has 0 aromatic rings. The molecule has 1 fully saturated rings. The molecule has 1 aliphatic rings. The van der Waals surface area contributed by atoms with Gasteiger partial charge in [0.15, 0.2) is 5.11 Å². The molecule has 1 heterocycles. The number of rotatable bonds is 17. The van der Waals surface area contributed by atoms with E-state index in [1.54, 1.807) is 4.90 Å². The Hall–Kier alpha value is -0.470. The summed E-state index contributed by atoms with van der Waals surface area (Å²) in [6.45, 7) is 1.17. The van der Waals surface area contributed by atoms with Gasteiger partial charge in [0.1, 0.15) is 6.10 Å². The predicted octanol–water partition coefficient (Wildman–Crippen LogP) is 2.71. The van der Waals surface area contributed by atoms with Crippen molar-refractivity contribution in [3.63, 3.8) is 0 Å². The van der Waals surface area contributed by atoms with Gasteiger partial charge in [-0.25, -0.2) is 0 Å². The van der Waals surface area contributed by atoms with Crippen molar-refractivity contribution in [1.29, 1.82) is 0 Å². The Morgan fingerprint density at radius 2 is 1.21 bits per heavy atom. The lowest BCUT2D eigenvalue weighted by Gasteiger charge is -2.26. The molecular weight excluding hydrogens is 388 g/mol. The molecule has 3 atom stereocenters. The van der Waals surface area contributed by atoms with Crippen LogP contribution in [-0.2, 0) is 0 Å². The van der Waals surface area contributed by atoms with Gasteiger partial charge in [-0.15, -0.1) is 0 Å². The Bertz CT molecular complexity index is 414. The van der Waals surface area contributed by atoms with Gasteiger partial charge in [-0.1, -0.05) is 77.0 Å². The van der Waals surface area contributed by atoms with Crippen LogP contribution in [0.15, 0.2) is 0 Å². The van der Waals surface area contributed by atoms with Crippen molar-refractivity contribution in [2.24, 2.45) is 0 Å². The summed E-state index contributed by atoms with van der Waals surface area (Å²) in [5, 5.41) is 41.4. The molecule has 0 aromatic heterocycles. The number of hydrogen-bond donors (Lipinski definition) is 5. The maximum absolute atomic E-state index is 9.84. The summed E-state index contributed by atoms with van der Waals surface area (Å²) in [4.78, 5) is 1.69. The number of aliphatic hydroxyl groups is 4. The third kappa shape index (κ3) is 11.5. The molecule has 1 rings (SSSR count). The quantitative estimate of drug-likeness (QED) is 0.178. The number of nitrogens with zero attached hydrogens (tertiary/aromatic N) is 1. The summed E-state index contributed by atoms with van der Waals surface area (Å²) in [7, 11) is 0. The smallest absolute Gasteiger partial charge is 0.169 e. The number of unbranched alkanes of at least 4 members (excludes halogenated alkanes) is 13. The van der Waals surface area contributed by atoms with Gasteiger partial charge in [0.2, 0.25) is 0 Å². The molecule has 5 N–H and O–H groups in total. The average molecular weight is 433 g/mol. The Kier molecular flexibility index (Phi) is 15.8. The SMILES string of the molecule is OCCCCCCCCCCCCCCCCNC(=S)N1C[C@@H](O)[C@H](O)[C@H]1CO. The van der Waals surface area contributed by atoms with E-state index in [-0.39, 0.29) is 13.2 Å². The van der Waals surface area contributed by atoms with Crippen LogP contribution in [0.2, 0.25) is 0 Å². The van der Waals surface area contributed by atoms with Crippen molar-refractivity contribution in [2.45, 2.75) is 108 Å². The van der Waals surface area contributed by atoms with E-state index >= 15 is 0 Å². The molecule has 172 valence electrons. The van der Waals surface area contributed by atoms with Gasteiger partial charge in [-0.3, -0.25) is 0 Å². The third-order valence-electron chi connectivity index (χ3n) is 5.88. The average Bonchev–Trinajstić information content (AvgIpc) is 3.01. The first-order valence-electron chi connectivity index (χ1n) is 11.7. The maximum Gasteiger partial charge on any atom is 0.169 e. The molecule has 0 bridgehead atoms. The zero-order valence-electron chi connectivity index (χ0n) is 18.1. The van der Waals surface area contributed by atoms with E-state index in [4.69, 9.17) is 17.3 Å². The standard InChI is InChI=1S/C22H44N2O4S/c25-16-14-12-10-8-6-4-2-1-3-5-7-9-11-13-15-23-22(29)24-17-20(27)21(28)19(24)18-26/h19-21,25-28H,1-18H2,(H,23,29)/t19-,20-,21-/m1/s1. The molecule has 29 heavy (non-hydrogen) atoms. The monoisotopic (exact) mass is 432 g/mol. The minimum Gasteiger partial charge on any atom is -0.396 e. The molecule has 0 saturated carbocycles. The van der Waals surface area contributed by atoms with Gasteiger partial charge in [-0.05, 0) is 25.1 Å². The summed E-state index contributed by atoms with van der Waals surface area (Å²) in [5.41, 5.74) is 0. The lowest BCUT2D eigenvalue weighted by molar-refractivity contribution is 0.0259. The second-order valence-corrected chi connectivity index (χ2v) is 8.75. The lowest BCUT2D eigenvalue weighted by Crippen LogP contribution is -2.47.